The van der Waals surface area contributed by atoms with Crippen LogP contribution in [-0.4, -0.2) is 30.0 Å². The van der Waals surface area contributed by atoms with Crippen LogP contribution in [0.3, 0.4) is 0 Å². The number of halogens is 3. The fourth-order valence-corrected chi connectivity index (χ4v) is 2.64. The van der Waals surface area contributed by atoms with Gasteiger partial charge in [0.1, 0.15) is 11.9 Å². The van der Waals surface area contributed by atoms with E-state index >= 15 is 0 Å². The lowest BCUT2D eigenvalue weighted by Gasteiger charge is -2.14. The van der Waals surface area contributed by atoms with Gasteiger partial charge in [0, 0.05) is 11.3 Å². The molecule has 0 bridgehead atoms. The number of rotatable bonds is 5. The number of nitrogens with one attached hydrogen (secondary N) is 2. The third-order valence-electron chi connectivity index (χ3n) is 2.88. The van der Waals surface area contributed by atoms with Gasteiger partial charge in [-0.25, -0.2) is 13.2 Å². The molecule has 1 aliphatic heterocycles. The van der Waals surface area contributed by atoms with E-state index in [0.717, 1.165) is 23.9 Å². The van der Waals surface area contributed by atoms with E-state index in [9.17, 15) is 22.8 Å². The Bertz CT molecular complexity index is 554. The lowest BCUT2D eigenvalue weighted by molar-refractivity contribution is -0.122. The molecular weight excluding hydrogens is 305 g/mol. The van der Waals surface area contributed by atoms with Crippen LogP contribution in [0, 0.1) is 5.82 Å². The van der Waals surface area contributed by atoms with Crippen molar-refractivity contribution in [3.63, 3.8) is 0 Å². The van der Waals surface area contributed by atoms with Crippen molar-refractivity contribution in [2.45, 2.75) is 30.2 Å². The molecule has 2 rings (SSSR count). The highest BCUT2D eigenvalue weighted by molar-refractivity contribution is 7.99. The quantitative estimate of drug-likeness (QED) is 0.820. The Hall–Kier alpha value is -1.70. The Morgan fingerprint density at radius 2 is 2.24 bits per heavy atom. The van der Waals surface area contributed by atoms with E-state index in [2.05, 4.69) is 10.6 Å². The zero-order valence-electron chi connectivity index (χ0n) is 10.9. The Morgan fingerprint density at radius 3 is 2.86 bits per heavy atom. The number of hydrogen-bond donors (Lipinski definition) is 2. The normalized spacial score (nSPS) is 17.9. The van der Waals surface area contributed by atoms with E-state index in [0.29, 0.717) is 11.3 Å². The molecule has 1 aromatic carbocycles. The van der Waals surface area contributed by atoms with Gasteiger partial charge in [-0.15, -0.1) is 11.8 Å². The fourth-order valence-electron chi connectivity index (χ4n) is 1.91. The molecule has 1 fully saturated rings. The van der Waals surface area contributed by atoms with Crippen LogP contribution in [0.5, 0.6) is 0 Å². The summed E-state index contributed by atoms with van der Waals surface area (Å²) in [5.74, 6) is -1.73. The summed E-state index contributed by atoms with van der Waals surface area (Å²) in [6, 6.07) is 2.88. The first-order valence-corrected chi connectivity index (χ1v) is 7.25. The van der Waals surface area contributed by atoms with Gasteiger partial charge < -0.3 is 10.6 Å². The number of anilines is 1. The first-order chi connectivity index (χ1) is 9.95. The highest BCUT2D eigenvalue weighted by Gasteiger charge is 2.27. The molecule has 1 aromatic rings. The van der Waals surface area contributed by atoms with Crippen LogP contribution in [0.25, 0.3) is 0 Å². The molecule has 0 saturated carbocycles. The Morgan fingerprint density at radius 1 is 1.48 bits per heavy atom. The summed E-state index contributed by atoms with van der Waals surface area (Å²) < 4.78 is 37.8. The molecule has 0 aromatic heterocycles. The summed E-state index contributed by atoms with van der Waals surface area (Å²) in [6.07, 6.45) is -1.88. The minimum absolute atomic E-state index is 0.131. The SMILES string of the molecule is O=C1CCC(C(=O)Nc2cc(F)ccc2SCC(F)F)N1. The Balaban J connectivity index is 2.08. The average Bonchev–Trinajstić information content (AvgIpc) is 2.84. The van der Waals surface area contributed by atoms with E-state index in [-0.39, 0.29) is 18.0 Å². The Labute approximate surface area is 123 Å². The maximum atomic E-state index is 13.3. The van der Waals surface area contributed by atoms with Gasteiger partial charge in [0.25, 0.3) is 0 Å². The fraction of sp³-hybridized carbons (Fsp3) is 0.385. The summed E-state index contributed by atoms with van der Waals surface area (Å²) in [6.45, 7) is 0. The van der Waals surface area contributed by atoms with E-state index in [1.165, 1.54) is 6.07 Å². The summed E-state index contributed by atoms with van der Waals surface area (Å²) in [5.41, 5.74) is 0.131. The van der Waals surface area contributed by atoms with Crippen molar-refractivity contribution in [2.75, 3.05) is 11.1 Å². The lowest BCUT2D eigenvalue weighted by Crippen LogP contribution is -2.37. The molecule has 4 nitrogen and oxygen atoms in total. The van der Waals surface area contributed by atoms with Crippen molar-refractivity contribution in [2.24, 2.45) is 0 Å². The second-order valence-electron chi connectivity index (χ2n) is 4.49. The number of carbonyl (C=O) groups is 2. The van der Waals surface area contributed by atoms with E-state index in [1.54, 1.807) is 0 Å². The summed E-state index contributed by atoms with van der Waals surface area (Å²) in [4.78, 5) is 23.4. The number of thioether (sulfide) groups is 1. The maximum Gasteiger partial charge on any atom is 0.247 e. The zero-order valence-corrected chi connectivity index (χ0v) is 11.7. The smallest absolute Gasteiger partial charge is 0.247 e. The summed E-state index contributed by atoms with van der Waals surface area (Å²) in [7, 11) is 0. The maximum absolute atomic E-state index is 13.3. The van der Waals surface area contributed by atoms with Crippen LogP contribution in [-0.2, 0) is 9.59 Å². The topological polar surface area (TPSA) is 58.2 Å². The van der Waals surface area contributed by atoms with Crippen LogP contribution in [0.15, 0.2) is 23.1 Å². The average molecular weight is 318 g/mol. The van der Waals surface area contributed by atoms with Gasteiger partial charge in [0.2, 0.25) is 18.2 Å². The minimum Gasteiger partial charge on any atom is -0.344 e. The number of carbonyl (C=O) groups excluding carboxylic acids is 2. The molecule has 1 atom stereocenters. The lowest BCUT2D eigenvalue weighted by atomic mass is 10.2. The van der Waals surface area contributed by atoms with Gasteiger partial charge in [0.05, 0.1) is 11.4 Å². The molecule has 1 saturated heterocycles. The van der Waals surface area contributed by atoms with Crippen molar-refractivity contribution in [3.8, 4) is 0 Å². The van der Waals surface area contributed by atoms with E-state index in [4.69, 9.17) is 0 Å². The molecule has 114 valence electrons. The number of alkyl halides is 2. The number of hydrogen-bond acceptors (Lipinski definition) is 3. The van der Waals surface area contributed by atoms with Crippen molar-refractivity contribution in [3.05, 3.63) is 24.0 Å². The van der Waals surface area contributed by atoms with Crippen LogP contribution in [0.4, 0.5) is 18.9 Å². The first-order valence-electron chi connectivity index (χ1n) is 6.26. The predicted molar refractivity (Wildman–Crippen MR) is 72.9 cm³/mol. The first kappa shape index (κ1) is 15.7. The zero-order chi connectivity index (χ0) is 15.4. The predicted octanol–water partition coefficient (Wildman–Crippen LogP) is 2.40. The van der Waals surface area contributed by atoms with Crippen molar-refractivity contribution < 1.29 is 22.8 Å². The van der Waals surface area contributed by atoms with Crippen LogP contribution in [0.1, 0.15) is 12.8 Å². The highest BCUT2D eigenvalue weighted by atomic mass is 32.2. The molecular formula is C13H13F3N2O2S. The number of amides is 2. The van der Waals surface area contributed by atoms with Gasteiger partial charge in [-0.05, 0) is 24.6 Å². The molecule has 2 N–H and O–H groups in total. The standard InChI is InChI=1S/C13H13F3N2O2S/c14-7-1-3-10(21-6-11(15)16)9(5-7)18-13(20)8-2-4-12(19)17-8/h1,3,5,8,11H,2,4,6H2,(H,17,19)(H,18,20). The van der Waals surface area contributed by atoms with Crippen LogP contribution < -0.4 is 10.6 Å². The number of benzene rings is 1. The second kappa shape index (κ2) is 6.84. The van der Waals surface area contributed by atoms with Crippen LogP contribution >= 0.6 is 11.8 Å². The third-order valence-corrected chi connectivity index (χ3v) is 3.96. The molecule has 2 amide bonds. The highest BCUT2D eigenvalue weighted by Crippen LogP contribution is 2.29. The van der Waals surface area contributed by atoms with Crippen molar-refractivity contribution in [1.82, 2.24) is 5.32 Å². The summed E-state index contributed by atoms with van der Waals surface area (Å²) in [5, 5.41) is 4.96. The second-order valence-corrected chi connectivity index (χ2v) is 5.55. The largest absolute Gasteiger partial charge is 0.344 e. The molecule has 0 aliphatic carbocycles. The molecule has 1 unspecified atom stereocenters. The van der Waals surface area contributed by atoms with Crippen molar-refractivity contribution >= 4 is 29.3 Å². The molecule has 1 heterocycles. The van der Waals surface area contributed by atoms with Gasteiger partial charge in [-0.3, -0.25) is 9.59 Å². The summed E-state index contributed by atoms with van der Waals surface area (Å²) >= 11 is 0.830. The molecule has 8 heteroatoms. The monoisotopic (exact) mass is 318 g/mol. The molecule has 1 aliphatic rings. The Kier molecular flexibility index (Phi) is 5.11. The molecule has 21 heavy (non-hydrogen) atoms. The van der Waals surface area contributed by atoms with Gasteiger partial charge in [0.15, 0.2) is 0 Å². The molecule has 0 radical (unpaired) electrons. The van der Waals surface area contributed by atoms with E-state index in [1.807, 2.05) is 0 Å². The van der Waals surface area contributed by atoms with E-state index < -0.39 is 29.9 Å². The van der Waals surface area contributed by atoms with Gasteiger partial charge in [-0.2, -0.15) is 0 Å². The van der Waals surface area contributed by atoms with Gasteiger partial charge in [-0.1, -0.05) is 0 Å². The molecule has 0 spiro atoms. The third kappa shape index (κ3) is 4.38. The van der Waals surface area contributed by atoms with Crippen LogP contribution in [0.2, 0.25) is 0 Å². The minimum atomic E-state index is -2.50. The van der Waals surface area contributed by atoms with Crippen molar-refractivity contribution in [1.29, 1.82) is 0 Å². The van der Waals surface area contributed by atoms with Gasteiger partial charge >= 0.3 is 0 Å².